The maximum atomic E-state index is 6.26. The number of halogens is 1. The molecule has 16 heavy (non-hydrogen) atoms. The van der Waals surface area contributed by atoms with Gasteiger partial charge in [-0.25, -0.2) is 0 Å². The largest absolute Gasteiger partial charge is 0.343 e. The van der Waals surface area contributed by atoms with Crippen molar-refractivity contribution < 1.29 is 0 Å². The van der Waals surface area contributed by atoms with E-state index >= 15 is 0 Å². The van der Waals surface area contributed by atoms with Crippen molar-refractivity contribution >= 4 is 23.1 Å². The van der Waals surface area contributed by atoms with Crippen LogP contribution in [0.15, 0.2) is 23.2 Å². The molecule has 0 aromatic heterocycles. The van der Waals surface area contributed by atoms with E-state index in [1.54, 1.807) is 0 Å². The SMILES string of the molecule is Clc1cc(C2CC2)ccc1NC1=NCCC1. The molecule has 1 aliphatic carbocycles. The van der Waals surface area contributed by atoms with Gasteiger partial charge in [-0.15, -0.1) is 0 Å². The van der Waals surface area contributed by atoms with Crippen LogP contribution in [0.3, 0.4) is 0 Å². The fourth-order valence-electron chi connectivity index (χ4n) is 2.10. The lowest BCUT2D eigenvalue weighted by atomic mass is 10.1. The van der Waals surface area contributed by atoms with Crippen LogP contribution in [0.1, 0.15) is 37.2 Å². The lowest BCUT2D eigenvalue weighted by Gasteiger charge is -2.09. The van der Waals surface area contributed by atoms with Crippen molar-refractivity contribution in [3.63, 3.8) is 0 Å². The van der Waals surface area contributed by atoms with Gasteiger partial charge in [0, 0.05) is 13.0 Å². The van der Waals surface area contributed by atoms with Crippen LogP contribution in [0.5, 0.6) is 0 Å². The van der Waals surface area contributed by atoms with E-state index < -0.39 is 0 Å². The van der Waals surface area contributed by atoms with E-state index in [9.17, 15) is 0 Å². The van der Waals surface area contributed by atoms with Gasteiger partial charge in [0.15, 0.2) is 0 Å². The molecular formula is C13H15ClN2. The Kier molecular flexibility index (Phi) is 2.60. The zero-order chi connectivity index (χ0) is 11.0. The zero-order valence-electron chi connectivity index (χ0n) is 9.17. The van der Waals surface area contributed by atoms with Crippen molar-refractivity contribution in [2.75, 3.05) is 11.9 Å². The van der Waals surface area contributed by atoms with Crippen LogP contribution in [0.25, 0.3) is 0 Å². The Balaban J connectivity index is 1.78. The molecule has 0 spiro atoms. The van der Waals surface area contributed by atoms with Crippen molar-refractivity contribution in [2.24, 2.45) is 4.99 Å². The highest BCUT2D eigenvalue weighted by Crippen LogP contribution is 2.41. The Labute approximate surface area is 101 Å². The van der Waals surface area contributed by atoms with E-state index in [2.05, 4.69) is 28.5 Å². The van der Waals surface area contributed by atoms with Crippen LogP contribution >= 0.6 is 11.6 Å². The summed E-state index contributed by atoms with van der Waals surface area (Å²) in [6.07, 6.45) is 4.83. The van der Waals surface area contributed by atoms with E-state index in [-0.39, 0.29) is 0 Å². The molecule has 1 N–H and O–H groups in total. The monoisotopic (exact) mass is 234 g/mol. The molecule has 0 atom stereocenters. The Bertz CT molecular complexity index is 436. The molecule has 0 bridgehead atoms. The lowest BCUT2D eigenvalue weighted by molar-refractivity contribution is 0.951. The molecule has 0 saturated heterocycles. The molecule has 84 valence electrons. The number of hydrogen-bond donors (Lipinski definition) is 1. The summed E-state index contributed by atoms with van der Waals surface area (Å²) in [7, 11) is 0. The van der Waals surface area contributed by atoms with E-state index in [4.69, 9.17) is 11.6 Å². The second-order valence-electron chi connectivity index (χ2n) is 4.57. The smallest absolute Gasteiger partial charge is 0.101 e. The third-order valence-corrected chi connectivity index (χ3v) is 3.51. The van der Waals surface area contributed by atoms with Gasteiger partial charge in [0.1, 0.15) is 5.84 Å². The Morgan fingerprint density at radius 1 is 1.31 bits per heavy atom. The van der Waals surface area contributed by atoms with E-state index in [1.165, 1.54) is 18.4 Å². The average molecular weight is 235 g/mol. The highest BCUT2D eigenvalue weighted by Gasteiger charge is 2.24. The predicted octanol–water partition coefficient (Wildman–Crippen LogP) is 3.82. The van der Waals surface area contributed by atoms with Crippen LogP contribution in [-0.4, -0.2) is 12.4 Å². The summed E-state index contributed by atoms with van der Waals surface area (Å²) in [6.45, 7) is 0.945. The molecule has 1 saturated carbocycles. The number of amidine groups is 1. The van der Waals surface area contributed by atoms with Gasteiger partial charge in [-0.3, -0.25) is 4.99 Å². The van der Waals surface area contributed by atoms with Crippen molar-refractivity contribution in [3.8, 4) is 0 Å². The van der Waals surface area contributed by atoms with Gasteiger partial charge in [0.2, 0.25) is 0 Å². The normalized spacial score (nSPS) is 19.7. The fraction of sp³-hybridized carbons (Fsp3) is 0.462. The fourth-order valence-corrected chi connectivity index (χ4v) is 2.34. The van der Waals surface area contributed by atoms with Crippen molar-refractivity contribution in [3.05, 3.63) is 28.8 Å². The summed E-state index contributed by atoms with van der Waals surface area (Å²) >= 11 is 6.26. The molecule has 0 unspecified atom stereocenters. The molecule has 2 nitrogen and oxygen atoms in total. The van der Waals surface area contributed by atoms with Gasteiger partial charge in [0.25, 0.3) is 0 Å². The topological polar surface area (TPSA) is 24.4 Å². The number of benzene rings is 1. The van der Waals surface area contributed by atoms with Gasteiger partial charge in [0.05, 0.1) is 10.7 Å². The summed E-state index contributed by atoms with van der Waals surface area (Å²) in [5.74, 6) is 1.83. The molecular weight excluding hydrogens is 220 g/mol. The van der Waals surface area contributed by atoms with E-state index in [0.717, 1.165) is 41.8 Å². The minimum absolute atomic E-state index is 0.760. The third kappa shape index (κ3) is 2.07. The lowest BCUT2D eigenvalue weighted by Crippen LogP contribution is -2.08. The molecule has 1 aliphatic heterocycles. The second-order valence-corrected chi connectivity index (χ2v) is 4.98. The minimum Gasteiger partial charge on any atom is -0.343 e. The predicted molar refractivity (Wildman–Crippen MR) is 68.6 cm³/mol. The van der Waals surface area contributed by atoms with Crippen molar-refractivity contribution in [1.29, 1.82) is 0 Å². The minimum atomic E-state index is 0.760. The number of nitrogens with one attached hydrogen (secondary N) is 1. The van der Waals surface area contributed by atoms with Crippen LogP contribution < -0.4 is 5.32 Å². The number of nitrogens with zero attached hydrogens (tertiary/aromatic N) is 1. The first kappa shape index (κ1) is 10.2. The zero-order valence-corrected chi connectivity index (χ0v) is 9.93. The second kappa shape index (κ2) is 4.10. The molecule has 3 heteroatoms. The molecule has 1 heterocycles. The molecule has 0 radical (unpaired) electrons. The third-order valence-electron chi connectivity index (χ3n) is 3.20. The Morgan fingerprint density at radius 3 is 2.81 bits per heavy atom. The first-order valence-electron chi connectivity index (χ1n) is 5.93. The number of rotatable bonds is 2. The first-order chi connectivity index (χ1) is 7.83. The number of aliphatic imine (C=N–C) groups is 1. The maximum Gasteiger partial charge on any atom is 0.101 e. The van der Waals surface area contributed by atoms with Crippen LogP contribution in [-0.2, 0) is 0 Å². The summed E-state index contributed by atoms with van der Waals surface area (Å²) in [4.78, 5) is 4.39. The van der Waals surface area contributed by atoms with Gasteiger partial charge in [-0.2, -0.15) is 0 Å². The van der Waals surface area contributed by atoms with E-state index in [1.807, 2.05) is 0 Å². The molecule has 1 aromatic rings. The van der Waals surface area contributed by atoms with Crippen LogP contribution in [0.2, 0.25) is 5.02 Å². The molecule has 0 amide bonds. The highest BCUT2D eigenvalue weighted by atomic mass is 35.5. The van der Waals surface area contributed by atoms with Crippen LogP contribution in [0, 0.1) is 0 Å². The molecule has 3 rings (SSSR count). The van der Waals surface area contributed by atoms with Gasteiger partial charge >= 0.3 is 0 Å². The van der Waals surface area contributed by atoms with Gasteiger partial charge in [-0.05, 0) is 42.9 Å². The summed E-state index contributed by atoms with van der Waals surface area (Å²) < 4.78 is 0. The van der Waals surface area contributed by atoms with Gasteiger partial charge < -0.3 is 5.32 Å². The molecule has 2 aliphatic rings. The number of anilines is 1. The maximum absolute atomic E-state index is 6.26. The summed E-state index contributed by atoms with van der Waals surface area (Å²) in [5, 5.41) is 4.13. The first-order valence-corrected chi connectivity index (χ1v) is 6.30. The highest BCUT2D eigenvalue weighted by molar-refractivity contribution is 6.33. The quantitative estimate of drug-likeness (QED) is 0.827. The Hall–Kier alpha value is -1.02. The standard InChI is InChI=1S/C13H15ClN2/c14-11-8-10(9-3-4-9)5-6-12(11)16-13-2-1-7-15-13/h5-6,8-9H,1-4,7H2,(H,15,16). The average Bonchev–Trinajstić information content (AvgIpc) is 3.01. The van der Waals surface area contributed by atoms with Gasteiger partial charge in [-0.1, -0.05) is 17.7 Å². The van der Waals surface area contributed by atoms with Crippen molar-refractivity contribution in [2.45, 2.75) is 31.6 Å². The van der Waals surface area contributed by atoms with Crippen LogP contribution in [0.4, 0.5) is 5.69 Å². The summed E-state index contributed by atoms with van der Waals surface area (Å²) in [5.41, 5.74) is 2.37. The van der Waals surface area contributed by atoms with E-state index in [0.29, 0.717) is 0 Å². The van der Waals surface area contributed by atoms with Crippen molar-refractivity contribution in [1.82, 2.24) is 0 Å². The number of hydrogen-bond acceptors (Lipinski definition) is 2. The summed E-state index contributed by atoms with van der Waals surface area (Å²) in [6, 6.07) is 6.36. The Morgan fingerprint density at radius 2 is 2.19 bits per heavy atom. The molecule has 1 aromatic carbocycles. The molecule has 1 fully saturated rings.